The van der Waals surface area contributed by atoms with Gasteiger partial charge in [-0.1, -0.05) is 124 Å². The Morgan fingerprint density at radius 1 is 0.429 bits per heavy atom. The average molecular weight is 622 g/mol. The van der Waals surface area contributed by atoms with Gasteiger partial charge in [0.15, 0.2) is 0 Å². The molecule has 0 N–H and O–H groups in total. The van der Waals surface area contributed by atoms with Crippen LogP contribution in [0.3, 0.4) is 0 Å². The minimum absolute atomic E-state index is 1.04. The van der Waals surface area contributed by atoms with Crippen LogP contribution in [0.1, 0.15) is 0 Å². The quantitative estimate of drug-likeness (QED) is 0.214. The van der Waals surface area contributed by atoms with Crippen LogP contribution in [-0.4, -0.2) is 0 Å². The van der Waals surface area contributed by atoms with E-state index in [0.29, 0.717) is 0 Å². The summed E-state index contributed by atoms with van der Waals surface area (Å²) in [5.74, 6) is 0. The number of benzene rings is 4. The zero-order chi connectivity index (χ0) is 19.7. The largest absolute Gasteiger partial charge is 0.0622 e. The summed E-state index contributed by atoms with van der Waals surface area (Å²) in [6, 6.07) is 29.5. The fourth-order valence-electron chi connectivity index (χ4n) is 3.35. The van der Waals surface area contributed by atoms with E-state index in [-0.39, 0.29) is 0 Å². The molecule has 0 spiro atoms. The summed E-state index contributed by atoms with van der Waals surface area (Å²) in [5, 5.41) is 0. The van der Waals surface area contributed by atoms with Crippen LogP contribution in [-0.2, 0) is 0 Å². The van der Waals surface area contributed by atoms with Crippen LogP contribution in [0.4, 0.5) is 0 Å². The first kappa shape index (κ1) is 20.1. The topological polar surface area (TPSA) is 0 Å². The second-order valence-electron chi connectivity index (χ2n) is 6.35. The average Bonchev–Trinajstić information content (AvgIpc) is 2.69. The van der Waals surface area contributed by atoms with E-state index < -0.39 is 0 Å². The number of hydrogen-bond donors (Lipinski definition) is 0. The lowest BCUT2D eigenvalue weighted by atomic mass is 9.89. The molecule has 0 radical (unpaired) electrons. The van der Waals surface area contributed by atoms with E-state index in [0.717, 1.165) is 29.0 Å². The molecular formula is C24H14Br4. The van der Waals surface area contributed by atoms with Gasteiger partial charge in [-0.25, -0.2) is 0 Å². The smallest absolute Gasteiger partial charge is 0.0271 e. The van der Waals surface area contributed by atoms with Crippen molar-refractivity contribution in [3.63, 3.8) is 0 Å². The molecule has 0 atom stereocenters. The highest BCUT2D eigenvalue weighted by Crippen LogP contribution is 2.47. The van der Waals surface area contributed by atoms with Gasteiger partial charge in [-0.2, -0.15) is 0 Å². The molecule has 138 valence electrons. The lowest BCUT2D eigenvalue weighted by Gasteiger charge is -2.19. The van der Waals surface area contributed by atoms with Gasteiger partial charge in [-0.3, -0.25) is 0 Å². The van der Waals surface area contributed by atoms with Crippen molar-refractivity contribution >= 4 is 63.7 Å². The molecule has 4 aromatic carbocycles. The summed E-state index contributed by atoms with van der Waals surface area (Å²) in [5.41, 5.74) is 7.01. The van der Waals surface area contributed by atoms with Crippen molar-refractivity contribution in [2.75, 3.05) is 0 Å². The molecule has 4 heteroatoms. The van der Waals surface area contributed by atoms with Gasteiger partial charge in [0, 0.05) is 29.0 Å². The van der Waals surface area contributed by atoms with Crippen molar-refractivity contribution in [2.45, 2.75) is 0 Å². The predicted molar refractivity (Wildman–Crippen MR) is 134 cm³/mol. The summed E-state index contributed by atoms with van der Waals surface area (Å²) >= 11 is 15.0. The molecule has 0 nitrogen and oxygen atoms in total. The van der Waals surface area contributed by atoms with Crippen molar-refractivity contribution in [2.24, 2.45) is 0 Å². The molecule has 0 aliphatic carbocycles. The molecule has 0 amide bonds. The molecule has 0 aliphatic heterocycles. The monoisotopic (exact) mass is 618 g/mol. The lowest BCUT2D eigenvalue weighted by molar-refractivity contribution is 1.49. The fraction of sp³-hybridized carbons (Fsp3) is 0. The first-order valence-corrected chi connectivity index (χ1v) is 11.8. The first-order valence-electron chi connectivity index (χ1n) is 8.64. The van der Waals surface area contributed by atoms with E-state index in [1.54, 1.807) is 0 Å². The Kier molecular flexibility index (Phi) is 6.21. The van der Waals surface area contributed by atoms with Crippen molar-refractivity contribution in [3.05, 3.63) is 103 Å². The highest BCUT2D eigenvalue weighted by molar-refractivity contribution is 9.11. The summed E-state index contributed by atoms with van der Waals surface area (Å²) in [6.07, 6.45) is 0. The molecule has 0 saturated heterocycles. The molecule has 28 heavy (non-hydrogen) atoms. The van der Waals surface area contributed by atoms with Crippen LogP contribution in [0.5, 0.6) is 0 Å². The lowest BCUT2D eigenvalue weighted by Crippen LogP contribution is -1.93. The minimum atomic E-state index is 1.04. The molecule has 4 rings (SSSR count). The molecule has 4 aromatic rings. The van der Waals surface area contributed by atoms with Crippen molar-refractivity contribution in [1.82, 2.24) is 0 Å². The van der Waals surface area contributed by atoms with Gasteiger partial charge in [0.25, 0.3) is 0 Å². The maximum atomic E-state index is 3.83. The van der Waals surface area contributed by atoms with E-state index >= 15 is 0 Å². The Hall–Kier alpha value is -1.20. The Morgan fingerprint density at radius 2 is 0.786 bits per heavy atom. The zero-order valence-corrected chi connectivity index (χ0v) is 20.9. The number of hydrogen-bond acceptors (Lipinski definition) is 0. The highest BCUT2D eigenvalue weighted by Gasteiger charge is 2.20. The number of rotatable bonds is 3. The maximum Gasteiger partial charge on any atom is 0.0271 e. The molecule has 0 fully saturated rings. The first-order chi connectivity index (χ1) is 13.5. The summed E-state index contributed by atoms with van der Waals surface area (Å²) in [7, 11) is 0. The standard InChI is InChI=1S/C24H14Br4/c25-17-11-19(15-7-3-1-4-8-15)23(21(27)13-17)24-20(12-18(26)14-22(24)28)16-9-5-2-6-10-16/h1-14H. The van der Waals surface area contributed by atoms with E-state index in [2.05, 4.69) is 137 Å². The van der Waals surface area contributed by atoms with E-state index in [4.69, 9.17) is 0 Å². The summed E-state index contributed by atoms with van der Waals surface area (Å²) < 4.78 is 4.16. The zero-order valence-electron chi connectivity index (χ0n) is 14.6. The van der Waals surface area contributed by atoms with Gasteiger partial charge in [-0.05, 0) is 46.5 Å². The van der Waals surface area contributed by atoms with E-state index in [1.807, 2.05) is 12.1 Å². The van der Waals surface area contributed by atoms with Crippen LogP contribution >= 0.6 is 63.7 Å². The van der Waals surface area contributed by atoms with Gasteiger partial charge >= 0.3 is 0 Å². The Balaban J connectivity index is 2.09. The molecular weight excluding hydrogens is 608 g/mol. The van der Waals surface area contributed by atoms with Crippen LogP contribution in [0, 0.1) is 0 Å². The molecule has 0 aliphatic rings. The minimum Gasteiger partial charge on any atom is -0.0622 e. The third-order valence-electron chi connectivity index (χ3n) is 4.53. The van der Waals surface area contributed by atoms with Gasteiger partial charge in [-0.15, -0.1) is 0 Å². The van der Waals surface area contributed by atoms with Crippen LogP contribution < -0.4 is 0 Å². The predicted octanol–water partition coefficient (Wildman–Crippen LogP) is 9.74. The molecule has 0 unspecified atom stereocenters. The van der Waals surface area contributed by atoms with Gasteiger partial charge < -0.3 is 0 Å². The maximum absolute atomic E-state index is 3.83. The molecule has 0 aromatic heterocycles. The SMILES string of the molecule is Brc1cc(Br)c(-c2c(Br)cc(Br)cc2-c2ccccc2)c(-c2ccccc2)c1. The van der Waals surface area contributed by atoms with Crippen molar-refractivity contribution in [1.29, 1.82) is 0 Å². The van der Waals surface area contributed by atoms with E-state index in [9.17, 15) is 0 Å². The van der Waals surface area contributed by atoms with Crippen molar-refractivity contribution in [3.8, 4) is 33.4 Å². The number of halogens is 4. The van der Waals surface area contributed by atoms with Crippen molar-refractivity contribution < 1.29 is 0 Å². The summed E-state index contributed by atoms with van der Waals surface area (Å²) in [6.45, 7) is 0. The Bertz CT molecular complexity index is 1040. The van der Waals surface area contributed by atoms with Gasteiger partial charge in [0.05, 0.1) is 0 Å². The second kappa shape index (κ2) is 8.66. The van der Waals surface area contributed by atoms with E-state index in [1.165, 1.54) is 22.3 Å². The molecule has 0 saturated carbocycles. The third-order valence-corrected chi connectivity index (χ3v) is 6.70. The van der Waals surface area contributed by atoms with Gasteiger partial charge in [0.1, 0.15) is 0 Å². The molecule has 0 heterocycles. The Labute approximate surface area is 198 Å². The Morgan fingerprint density at radius 3 is 1.14 bits per heavy atom. The third kappa shape index (κ3) is 4.06. The van der Waals surface area contributed by atoms with Crippen LogP contribution in [0.2, 0.25) is 0 Å². The second-order valence-corrected chi connectivity index (χ2v) is 9.89. The van der Waals surface area contributed by atoms with Crippen LogP contribution in [0.25, 0.3) is 33.4 Å². The highest BCUT2D eigenvalue weighted by atomic mass is 79.9. The summed E-state index contributed by atoms with van der Waals surface area (Å²) in [4.78, 5) is 0. The molecule has 0 bridgehead atoms. The fourth-order valence-corrected chi connectivity index (χ4v) is 6.19. The van der Waals surface area contributed by atoms with Gasteiger partial charge in [0.2, 0.25) is 0 Å². The normalized spacial score (nSPS) is 10.9. The van der Waals surface area contributed by atoms with Crippen LogP contribution in [0.15, 0.2) is 103 Å².